The molecule has 0 amide bonds. The molecule has 7 heteroatoms. The third-order valence-corrected chi connectivity index (χ3v) is 2.95. The van der Waals surface area contributed by atoms with Crippen molar-refractivity contribution in [1.29, 1.82) is 0 Å². The van der Waals surface area contributed by atoms with Gasteiger partial charge in [0.2, 0.25) is 6.79 Å². The van der Waals surface area contributed by atoms with Crippen LogP contribution in [0.15, 0.2) is 41.7 Å². The molecule has 3 rings (SSSR count). The summed E-state index contributed by atoms with van der Waals surface area (Å²) in [4.78, 5) is 4.03. The van der Waals surface area contributed by atoms with Crippen molar-refractivity contribution < 1.29 is 19.4 Å². The van der Waals surface area contributed by atoms with Crippen LogP contribution >= 0.6 is 0 Å². The third kappa shape index (κ3) is 2.81. The van der Waals surface area contributed by atoms with Crippen molar-refractivity contribution in [2.75, 3.05) is 6.79 Å². The van der Waals surface area contributed by atoms with Gasteiger partial charge < -0.3 is 25.2 Å². The molecule has 0 spiro atoms. The summed E-state index contributed by atoms with van der Waals surface area (Å²) in [5, 5.41) is 11.4. The number of amidine groups is 1. The minimum atomic E-state index is -0.0441. The van der Waals surface area contributed by atoms with E-state index in [1.807, 2.05) is 18.2 Å². The Morgan fingerprint density at radius 3 is 2.90 bits per heavy atom. The van der Waals surface area contributed by atoms with Crippen molar-refractivity contribution >= 4 is 5.84 Å². The fourth-order valence-electron chi connectivity index (χ4n) is 1.87. The van der Waals surface area contributed by atoms with E-state index in [1.165, 1.54) is 6.20 Å². The number of aromatic nitrogens is 1. The molecule has 21 heavy (non-hydrogen) atoms. The van der Waals surface area contributed by atoms with Gasteiger partial charge in [0.25, 0.3) is 0 Å². The van der Waals surface area contributed by atoms with Crippen LogP contribution in [0.25, 0.3) is 0 Å². The lowest BCUT2D eigenvalue weighted by atomic mass is 10.2. The van der Waals surface area contributed by atoms with E-state index in [0.29, 0.717) is 18.1 Å². The van der Waals surface area contributed by atoms with Gasteiger partial charge in [-0.1, -0.05) is 11.2 Å². The second-order valence-corrected chi connectivity index (χ2v) is 4.34. The topological polar surface area (TPSA) is 99.2 Å². The van der Waals surface area contributed by atoms with E-state index in [0.717, 1.165) is 17.1 Å². The average Bonchev–Trinajstić information content (AvgIpc) is 3.00. The number of fused-ring (bicyclic) bond motifs is 1. The first-order chi connectivity index (χ1) is 10.3. The van der Waals surface area contributed by atoms with E-state index in [9.17, 15) is 0 Å². The second kappa shape index (κ2) is 5.58. The van der Waals surface area contributed by atoms with Crippen molar-refractivity contribution in [2.45, 2.75) is 6.61 Å². The van der Waals surface area contributed by atoms with E-state index in [4.69, 9.17) is 25.2 Å². The molecule has 1 aromatic heterocycles. The van der Waals surface area contributed by atoms with Gasteiger partial charge in [-0.3, -0.25) is 0 Å². The first-order valence-electron chi connectivity index (χ1n) is 6.21. The molecule has 0 radical (unpaired) electrons. The van der Waals surface area contributed by atoms with Gasteiger partial charge in [0.15, 0.2) is 17.3 Å². The van der Waals surface area contributed by atoms with Crippen molar-refractivity contribution in [3.8, 4) is 17.2 Å². The van der Waals surface area contributed by atoms with Crippen LogP contribution in [0.1, 0.15) is 11.3 Å². The Labute approximate surface area is 120 Å². The molecule has 0 saturated heterocycles. The number of hydrogen-bond donors (Lipinski definition) is 2. The zero-order valence-electron chi connectivity index (χ0n) is 11.0. The highest BCUT2D eigenvalue weighted by molar-refractivity contribution is 5.95. The van der Waals surface area contributed by atoms with Crippen molar-refractivity contribution in [2.24, 2.45) is 10.9 Å². The van der Waals surface area contributed by atoms with Crippen LogP contribution in [0.5, 0.6) is 17.2 Å². The van der Waals surface area contributed by atoms with Crippen molar-refractivity contribution in [1.82, 2.24) is 4.98 Å². The third-order valence-electron chi connectivity index (χ3n) is 2.95. The zero-order chi connectivity index (χ0) is 14.7. The van der Waals surface area contributed by atoms with Crippen LogP contribution in [0.3, 0.4) is 0 Å². The summed E-state index contributed by atoms with van der Waals surface area (Å²) in [6.07, 6.45) is 1.51. The summed E-state index contributed by atoms with van der Waals surface area (Å²) in [5.41, 5.74) is 6.77. The Hall–Kier alpha value is -2.96. The maximum Gasteiger partial charge on any atom is 0.231 e. The standard InChI is InChI=1S/C14H13N3O4/c15-14(17-18)11-3-2-10(6-16-11)19-7-9-1-4-12-13(5-9)21-8-20-12/h1-6,18H,7-8H2,(H2,15,17). The van der Waals surface area contributed by atoms with E-state index in [1.54, 1.807) is 12.1 Å². The van der Waals surface area contributed by atoms with Gasteiger partial charge in [-0.25, -0.2) is 4.98 Å². The predicted octanol–water partition coefficient (Wildman–Crippen LogP) is 1.48. The molecule has 0 bridgehead atoms. The minimum absolute atomic E-state index is 0.0441. The normalized spacial score (nSPS) is 13.2. The molecule has 1 aromatic carbocycles. The lowest BCUT2D eigenvalue weighted by Crippen LogP contribution is -2.14. The fourth-order valence-corrected chi connectivity index (χ4v) is 1.87. The number of benzene rings is 1. The highest BCUT2D eigenvalue weighted by Gasteiger charge is 2.13. The SMILES string of the molecule is N/C(=N/O)c1ccc(OCc2ccc3c(c2)OCO3)cn1. The van der Waals surface area contributed by atoms with E-state index >= 15 is 0 Å². The summed E-state index contributed by atoms with van der Waals surface area (Å²) in [6, 6.07) is 8.95. The summed E-state index contributed by atoms with van der Waals surface area (Å²) in [7, 11) is 0. The summed E-state index contributed by atoms with van der Waals surface area (Å²) in [6.45, 7) is 0.625. The van der Waals surface area contributed by atoms with Gasteiger partial charge in [-0.05, 0) is 29.8 Å². The lowest BCUT2D eigenvalue weighted by molar-refractivity contribution is 0.174. The molecule has 0 aliphatic carbocycles. The highest BCUT2D eigenvalue weighted by Crippen LogP contribution is 2.32. The predicted molar refractivity (Wildman–Crippen MR) is 73.6 cm³/mol. The summed E-state index contributed by atoms with van der Waals surface area (Å²) in [5.74, 6) is 2.00. The Kier molecular flexibility index (Phi) is 3.46. The number of rotatable bonds is 4. The van der Waals surface area contributed by atoms with Gasteiger partial charge in [0, 0.05) is 0 Å². The number of oxime groups is 1. The molecule has 0 saturated carbocycles. The van der Waals surface area contributed by atoms with Crippen molar-refractivity contribution in [3.05, 3.63) is 47.8 Å². The van der Waals surface area contributed by atoms with E-state index in [-0.39, 0.29) is 12.6 Å². The molecule has 2 heterocycles. The molecule has 1 aliphatic rings. The molecular weight excluding hydrogens is 274 g/mol. The van der Waals surface area contributed by atoms with Gasteiger partial charge >= 0.3 is 0 Å². The van der Waals surface area contributed by atoms with Crippen LogP contribution in [0, 0.1) is 0 Å². The first kappa shape index (κ1) is 13.0. The van der Waals surface area contributed by atoms with Crippen LogP contribution in [0.2, 0.25) is 0 Å². The Bertz CT molecular complexity index is 670. The maximum absolute atomic E-state index is 8.56. The Morgan fingerprint density at radius 1 is 1.29 bits per heavy atom. The molecule has 0 fully saturated rings. The molecule has 2 aromatic rings. The first-order valence-corrected chi connectivity index (χ1v) is 6.21. The van der Waals surface area contributed by atoms with Crippen LogP contribution < -0.4 is 19.9 Å². The van der Waals surface area contributed by atoms with Gasteiger partial charge in [-0.15, -0.1) is 0 Å². The molecule has 108 valence electrons. The molecule has 1 aliphatic heterocycles. The van der Waals surface area contributed by atoms with Gasteiger partial charge in [0.05, 0.1) is 6.20 Å². The van der Waals surface area contributed by atoms with E-state index < -0.39 is 0 Å². The number of hydrogen-bond acceptors (Lipinski definition) is 6. The van der Waals surface area contributed by atoms with Crippen LogP contribution in [-0.4, -0.2) is 22.8 Å². The summed E-state index contributed by atoms with van der Waals surface area (Å²) < 4.78 is 16.2. The maximum atomic E-state index is 8.56. The largest absolute Gasteiger partial charge is 0.487 e. The fraction of sp³-hybridized carbons (Fsp3) is 0.143. The number of pyridine rings is 1. The average molecular weight is 287 g/mol. The number of ether oxygens (including phenoxy) is 3. The van der Waals surface area contributed by atoms with Gasteiger partial charge in [0.1, 0.15) is 18.1 Å². The van der Waals surface area contributed by atoms with Crippen molar-refractivity contribution in [3.63, 3.8) is 0 Å². The highest BCUT2D eigenvalue weighted by atomic mass is 16.7. The summed E-state index contributed by atoms with van der Waals surface area (Å²) >= 11 is 0. The monoisotopic (exact) mass is 287 g/mol. The molecular formula is C14H13N3O4. The number of nitrogens with zero attached hydrogens (tertiary/aromatic N) is 2. The lowest BCUT2D eigenvalue weighted by Gasteiger charge is -2.07. The second-order valence-electron chi connectivity index (χ2n) is 4.34. The molecule has 0 unspecified atom stereocenters. The Balaban J connectivity index is 1.65. The number of nitrogens with two attached hydrogens (primary N) is 1. The quantitative estimate of drug-likeness (QED) is 0.382. The van der Waals surface area contributed by atoms with Gasteiger partial charge in [-0.2, -0.15) is 0 Å². The minimum Gasteiger partial charge on any atom is -0.487 e. The van der Waals surface area contributed by atoms with E-state index in [2.05, 4.69) is 10.1 Å². The van der Waals surface area contributed by atoms with Crippen LogP contribution in [-0.2, 0) is 6.61 Å². The van der Waals surface area contributed by atoms with Crippen LogP contribution in [0.4, 0.5) is 0 Å². The smallest absolute Gasteiger partial charge is 0.231 e. The Morgan fingerprint density at radius 2 is 2.14 bits per heavy atom. The molecule has 3 N–H and O–H groups in total. The molecule has 0 atom stereocenters. The molecule has 7 nitrogen and oxygen atoms in total. The zero-order valence-corrected chi connectivity index (χ0v) is 11.0.